The number of hydrogen-bond acceptors (Lipinski definition) is 4. The normalized spacial score (nSPS) is 12.7. The van der Waals surface area contributed by atoms with Crippen molar-refractivity contribution >= 4 is 44.2 Å². The van der Waals surface area contributed by atoms with E-state index in [-0.39, 0.29) is 23.8 Å². The Balaban J connectivity index is 1.69. The smallest absolute Gasteiger partial charge is 0.243 e. The first-order chi connectivity index (χ1) is 19.8. The number of fused-ring (bicyclic) bond motifs is 1. The molecule has 0 radical (unpaired) electrons. The lowest BCUT2D eigenvalue weighted by Gasteiger charge is -2.34. The van der Waals surface area contributed by atoms with Crippen molar-refractivity contribution in [2.45, 2.75) is 50.2 Å². The lowest BCUT2D eigenvalue weighted by molar-refractivity contribution is -0.141. The van der Waals surface area contributed by atoms with Gasteiger partial charge >= 0.3 is 0 Å². The zero-order valence-electron chi connectivity index (χ0n) is 24.2. The Morgan fingerprint density at radius 2 is 1.48 bits per heavy atom. The predicted octanol–water partition coefficient (Wildman–Crippen LogP) is 5.67. The Morgan fingerprint density at radius 1 is 0.833 bits per heavy atom. The minimum Gasteiger partial charge on any atom is -0.350 e. The Kier molecular flexibility index (Phi) is 9.71. The molecule has 0 heterocycles. The molecule has 1 N–H and O–H groups in total. The van der Waals surface area contributed by atoms with Crippen LogP contribution in [0.15, 0.2) is 102 Å². The number of rotatable bonds is 10. The minimum atomic E-state index is -4.01. The van der Waals surface area contributed by atoms with Crippen LogP contribution in [0.3, 0.4) is 0 Å². The maximum absolute atomic E-state index is 14.0. The second-order valence-corrected chi connectivity index (χ2v) is 13.8. The number of hydrogen-bond donors (Lipinski definition) is 1. The number of likely N-dealkylation sites (N-methyl/N-ethyl adjacent to an activating group) is 1. The summed E-state index contributed by atoms with van der Waals surface area (Å²) in [6.07, 6.45) is 0.246. The number of halogens is 1. The topological polar surface area (TPSA) is 86.8 Å². The lowest BCUT2D eigenvalue weighted by Crippen LogP contribution is -2.56. The van der Waals surface area contributed by atoms with Gasteiger partial charge in [0.05, 0.1) is 11.4 Å². The molecule has 0 saturated heterocycles. The van der Waals surface area contributed by atoms with Crippen molar-refractivity contribution < 1.29 is 18.0 Å². The summed E-state index contributed by atoms with van der Waals surface area (Å²) in [5, 5.41) is 5.20. The highest BCUT2D eigenvalue weighted by atomic mass is 35.5. The van der Waals surface area contributed by atoms with Crippen LogP contribution in [0.4, 0.5) is 0 Å². The van der Waals surface area contributed by atoms with Gasteiger partial charge in [-0.2, -0.15) is 4.31 Å². The molecule has 42 heavy (non-hydrogen) atoms. The second-order valence-electron chi connectivity index (χ2n) is 11.4. The van der Waals surface area contributed by atoms with Gasteiger partial charge in [0.2, 0.25) is 21.8 Å². The number of carbonyl (C=O) groups is 2. The van der Waals surface area contributed by atoms with Crippen LogP contribution in [0.2, 0.25) is 5.02 Å². The third-order valence-electron chi connectivity index (χ3n) is 6.80. The highest BCUT2D eigenvalue weighted by Crippen LogP contribution is 2.23. The van der Waals surface area contributed by atoms with Crippen molar-refractivity contribution in [2.24, 2.45) is 0 Å². The molecule has 0 spiro atoms. The quantitative estimate of drug-likeness (QED) is 0.252. The van der Waals surface area contributed by atoms with Crippen LogP contribution in [0.1, 0.15) is 31.9 Å². The molecular formula is C33H36ClN3O4S. The number of nitrogens with zero attached hydrogens (tertiary/aromatic N) is 2. The number of nitrogens with one attached hydrogen (secondary N) is 1. The van der Waals surface area contributed by atoms with Crippen molar-refractivity contribution in [3.05, 3.63) is 113 Å². The first-order valence-corrected chi connectivity index (χ1v) is 15.5. The maximum Gasteiger partial charge on any atom is 0.243 e. The first kappa shape index (κ1) is 31.2. The zero-order valence-corrected chi connectivity index (χ0v) is 25.8. The van der Waals surface area contributed by atoms with Crippen LogP contribution in [0, 0.1) is 0 Å². The van der Waals surface area contributed by atoms with E-state index in [1.165, 1.54) is 18.0 Å². The van der Waals surface area contributed by atoms with Crippen molar-refractivity contribution in [1.29, 1.82) is 0 Å². The summed E-state index contributed by atoms with van der Waals surface area (Å²) in [5.74, 6) is -0.839. The van der Waals surface area contributed by atoms with Crippen molar-refractivity contribution in [1.82, 2.24) is 14.5 Å². The van der Waals surface area contributed by atoms with Gasteiger partial charge in [0.25, 0.3) is 0 Å². The third-order valence-corrected chi connectivity index (χ3v) is 8.83. The Morgan fingerprint density at radius 3 is 2.14 bits per heavy atom. The van der Waals surface area contributed by atoms with Crippen LogP contribution >= 0.6 is 11.6 Å². The van der Waals surface area contributed by atoms with Gasteiger partial charge in [0.1, 0.15) is 6.04 Å². The maximum atomic E-state index is 14.0. The summed E-state index contributed by atoms with van der Waals surface area (Å²) in [7, 11) is -2.63. The van der Waals surface area contributed by atoms with Gasteiger partial charge in [-0.05, 0) is 66.9 Å². The van der Waals surface area contributed by atoms with Crippen LogP contribution in [-0.4, -0.2) is 54.6 Å². The van der Waals surface area contributed by atoms with E-state index in [4.69, 9.17) is 11.6 Å². The first-order valence-electron chi connectivity index (χ1n) is 13.7. The molecule has 0 saturated carbocycles. The molecule has 9 heteroatoms. The van der Waals surface area contributed by atoms with Crippen LogP contribution in [0.5, 0.6) is 0 Å². The molecule has 2 amide bonds. The van der Waals surface area contributed by atoms with Crippen molar-refractivity contribution in [2.75, 3.05) is 13.6 Å². The van der Waals surface area contributed by atoms with Gasteiger partial charge in [-0.1, -0.05) is 84.4 Å². The highest BCUT2D eigenvalue weighted by Gasteiger charge is 2.34. The number of benzene rings is 4. The van der Waals surface area contributed by atoms with E-state index in [2.05, 4.69) is 5.32 Å². The van der Waals surface area contributed by atoms with Gasteiger partial charge in [-0.3, -0.25) is 9.59 Å². The largest absolute Gasteiger partial charge is 0.350 e. The Hall–Kier alpha value is -3.72. The Labute approximate surface area is 253 Å². The fourth-order valence-corrected chi connectivity index (χ4v) is 6.08. The van der Waals surface area contributed by atoms with Gasteiger partial charge in [0, 0.05) is 30.6 Å². The molecule has 1 atom stereocenters. The number of sulfonamides is 1. The van der Waals surface area contributed by atoms with Gasteiger partial charge < -0.3 is 10.2 Å². The van der Waals surface area contributed by atoms with E-state index in [1.54, 1.807) is 30.3 Å². The monoisotopic (exact) mass is 605 g/mol. The summed E-state index contributed by atoms with van der Waals surface area (Å²) in [6, 6.07) is 28.0. The summed E-state index contributed by atoms with van der Waals surface area (Å²) in [6.45, 7) is 5.23. The molecule has 7 nitrogen and oxygen atoms in total. The molecule has 4 rings (SSSR count). The van der Waals surface area contributed by atoms with E-state index < -0.39 is 34.1 Å². The fraction of sp³-hybridized carbons (Fsp3) is 0.273. The van der Waals surface area contributed by atoms with E-state index >= 15 is 0 Å². The summed E-state index contributed by atoms with van der Waals surface area (Å²) < 4.78 is 28.2. The second kappa shape index (κ2) is 13.1. The molecule has 0 bridgehead atoms. The molecule has 4 aromatic rings. The fourth-order valence-electron chi connectivity index (χ4n) is 4.71. The molecule has 220 valence electrons. The van der Waals surface area contributed by atoms with E-state index in [0.717, 1.165) is 26.2 Å². The predicted molar refractivity (Wildman–Crippen MR) is 168 cm³/mol. The average molecular weight is 606 g/mol. The summed E-state index contributed by atoms with van der Waals surface area (Å²) >= 11 is 6.25. The number of amides is 2. The van der Waals surface area contributed by atoms with Crippen LogP contribution in [-0.2, 0) is 32.6 Å². The number of carbonyl (C=O) groups excluding carboxylic acids is 2. The van der Waals surface area contributed by atoms with Crippen molar-refractivity contribution in [3.63, 3.8) is 0 Å². The average Bonchev–Trinajstić information content (AvgIpc) is 2.94. The molecule has 0 aromatic heterocycles. The van der Waals surface area contributed by atoms with Gasteiger partial charge in [0.15, 0.2) is 0 Å². The molecule has 0 aliphatic rings. The Bertz CT molecular complexity index is 1670. The van der Waals surface area contributed by atoms with Gasteiger partial charge in [-0.15, -0.1) is 0 Å². The zero-order chi connectivity index (χ0) is 30.5. The van der Waals surface area contributed by atoms with Crippen molar-refractivity contribution in [3.8, 4) is 0 Å². The van der Waals surface area contributed by atoms with E-state index in [0.29, 0.717) is 5.02 Å². The van der Waals surface area contributed by atoms with Crippen LogP contribution in [0.25, 0.3) is 10.8 Å². The molecule has 0 unspecified atom stereocenters. The molecule has 0 aliphatic carbocycles. The highest BCUT2D eigenvalue weighted by molar-refractivity contribution is 7.89. The third kappa shape index (κ3) is 7.97. The summed E-state index contributed by atoms with van der Waals surface area (Å²) in [4.78, 5) is 29.3. The van der Waals surface area contributed by atoms with Gasteiger partial charge in [-0.25, -0.2) is 8.42 Å². The minimum absolute atomic E-state index is 0.0678. The summed E-state index contributed by atoms with van der Waals surface area (Å²) in [5.41, 5.74) is 1.04. The molecule has 0 aliphatic heterocycles. The van der Waals surface area contributed by atoms with E-state index in [9.17, 15) is 18.0 Å². The lowest BCUT2D eigenvalue weighted by atomic mass is 10.0. The molecule has 4 aromatic carbocycles. The van der Waals surface area contributed by atoms with Crippen LogP contribution < -0.4 is 5.32 Å². The van der Waals surface area contributed by atoms with E-state index in [1.807, 2.05) is 81.4 Å². The standard InChI is InChI=1S/C33H36ClN3O4S/c1-33(2,3)35-32(39)30(20-24-11-6-5-7-12-24)37(22-25-13-10-16-28(34)19-25)31(38)23-36(4)42(40,41)29-18-17-26-14-8-9-15-27(26)21-29/h5-19,21,30H,20,22-23H2,1-4H3,(H,35,39)/t30-/m0/s1. The molecule has 0 fully saturated rings. The SMILES string of the molecule is CN(CC(=O)N(Cc1cccc(Cl)c1)[C@@H](Cc1ccccc1)C(=O)NC(C)(C)C)S(=O)(=O)c1ccc2ccccc2c1. The molecular weight excluding hydrogens is 570 g/mol.